The topological polar surface area (TPSA) is 38.7 Å². The van der Waals surface area contributed by atoms with Gasteiger partial charge < -0.3 is 0 Å². The summed E-state index contributed by atoms with van der Waals surface area (Å²) >= 11 is 9.46. The minimum atomic E-state index is 0.403. The number of pyridine rings is 1. The van der Waals surface area contributed by atoms with Crippen molar-refractivity contribution in [3.63, 3.8) is 0 Å². The highest BCUT2D eigenvalue weighted by Gasteiger charge is 2.11. The second-order valence-corrected chi connectivity index (χ2v) is 5.73. The maximum absolute atomic E-state index is 6.10. The van der Waals surface area contributed by atoms with Crippen LogP contribution in [0.2, 0.25) is 5.15 Å². The van der Waals surface area contributed by atoms with E-state index >= 15 is 0 Å². The lowest BCUT2D eigenvalue weighted by atomic mass is 10.1. The number of aromatic nitrogens is 3. The molecule has 3 aromatic rings. The van der Waals surface area contributed by atoms with Gasteiger partial charge in [0.15, 0.2) is 5.82 Å². The number of fused-ring (bicyclic) bond motifs is 1. The summed E-state index contributed by atoms with van der Waals surface area (Å²) < 4.78 is 0.723. The van der Waals surface area contributed by atoms with Gasteiger partial charge in [0, 0.05) is 5.39 Å². The molecule has 0 bridgehead atoms. The van der Waals surface area contributed by atoms with E-state index < -0.39 is 0 Å². The van der Waals surface area contributed by atoms with Crippen LogP contribution in [0, 0.1) is 13.8 Å². The molecular formula is C15H11BrClN3. The van der Waals surface area contributed by atoms with Gasteiger partial charge in [-0.25, -0.2) is 15.0 Å². The van der Waals surface area contributed by atoms with Crippen LogP contribution in [0.4, 0.5) is 0 Å². The molecule has 1 aromatic carbocycles. The number of hydrogen-bond acceptors (Lipinski definition) is 3. The van der Waals surface area contributed by atoms with Gasteiger partial charge in [0.2, 0.25) is 0 Å². The molecule has 0 saturated heterocycles. The van der Waals surface area contributed by atoms with Crippen LogP contribution in [0.1, 0.15) is 11.3 Å². The maximum atomic E-state index is 6.10. The largest absolute Gasteiger partial charge is 0.244 e. The van der Waals surface area contributed by atoms with Gasteiger partial charge in [-0.15, -0.1) is 0 Å². The average molecular weight is 349 g/mol. The molecule has 0 amide bonds. The molecule has 2 aromatic heterocycles. The summed E-state index contributed by atoms with van der Waals surface area (Å²) in [6.07, 6.45) is 0. The summed E-state index contributed by atoms with van der Waals surface area (Å²) in [6.45, 7) is 3.94. The lowest BCUT2D eigenvalue weighted by molar-refractivity contribution is 1.08. The summed E-state index contributed by atoms with van der Waals surface area (Å²) in [5.74, 6) is 0.546. The van der Waals surface area contributed by atoms with Crippen molar-refractivity contribution < 1.29 is 0 Å². The van der Waals surface area contributed by atoms with Crippen LogP contribution >= 0.6 is 27.5 Å². The van der Waals surface area contributed by atoms with Crippen LogP contribution in [0.15, 0.2) is 34.8 Å². The van der Waals surface area contributed by atoms with E-state index in [1.54, 1.807) is 0 Å². The quantitative estimate of drug-likeness (QED) is 0.597. The van der Waals surface area contributed by atoms with Crippen LogP contribution in [-0.4, -0.2) is 15.0 Å². The lowest BCUT2D eigenvalue weighted by Gasteiger charge is -2.07. The van der Waals surface area contributed by atoms with Crippen LogP contribution in [0.25, 0.3) is 22.4 Å². The third-order valence-corrected chi connectivity index (χ3v) is 4.58. The lowest BCUT2D eigenvalue weighted by Crippen LogP contribution is -1.97. The second kappa shape index (κ2) is 5.11. The number of benzene rings is 1. The fourth-order valence-corrected chi connectivity index (χ4v) is 2.50. The normalized spacial score (nSPS) is 11.0. The fourth-order valence-electron chi connectivity index (χ4n) is 2.10. The molecule has 0 fully saturated rings. The molecule has 100 valence electrons. The zero-order valence-electron chi connectivity index (χ0n) is 11.0. The van der Waals surface area contributed by atoms with Gasteiger partial charge in [0.05, 0.1) is 15.7 Å². The van der Waals surface area contributed by atoms with Crippen molar-refractivity contribution in [3.05, 3.63) is 51.2 Å². The molecule has 0 unspecified atom stereocenters. The van der Waals surface area contributed by atoms with Crippen molar-refractivity contribution in [3.8, 4) is 11.5 Å². The Morgan fingerprint density at radius 2 is 1.80 bits per heavy atom. The molecule has 5 heteroatoms. The van der Waals surface area contributed by atoms with Gasteiger partial charge in [-0.1, -0.05) is 29.8 Å². The first-order valence-corrected chi connectivity index (χ1v) is 7.30. The molecular weight excluding hydrogens is 338 g/mol. The Kier molecular flexibility index (Phi) is 3.44. The van der Waals surface area contributed by atoms with Gasteiger partial charge >= 0.3 is 0 Å². The molecule has 3 rings (SSSR count). The first kappa shape index (κ1) is 13.5. The molecule has 0 aliphatic carbocycles. The second-order valence-electron chi connectivity index (χ2n) is 4.58. The van der Waals surface area contributed by atoms with Crippen LogP contribution in [0.5, 0.6) is 0 Å². The van der Waals surface area contributed by atoms with Crippen LogP contribution < -0.4 is 0 Å². The Labute approximate surface area is 130 Å². The fraction of sp³-hybridized carbons (Fsp3) is 0.133. The van der Waals surface area contributed by atoms with Gasteiger partial charge in [0.1, 0.15) is 10.8 Å². The summed E-state index contributed by atoms with van der Waals surface area (Å²) in [6, 6.07) is 10.0. The van der Waals surface area contributed by atoms with Crippen molar-refractivity contribution in [2.75, 3.05) is 0 Å². The Bertz CT molecular complexity index is 794. The van der Waals surface area contributed by atoms with Crippen LogP contribution in [0.3, 0.4) is 0 Å². The molecule has 0 N–H and O–H groups in total. The van der Waals surface area contributed by atoms with Crippen molar-refractivity contribution in [1.29, 1.82) is 0 Å². The van der Waals surface area contributed by atoms with E-state index in [1.807, 2.05) is 31.2 Å². The van der Waals surface area contributed by atoms with Crippen molar-refractivity contribution >= 4 is 38.4 Å². The monoisotopic (exact) mass is 347 g/mol. The van der Waals surface area contributed by atoms with Crippen molar-refractivity contribution in [1.82, 2.24) is 15.0 Å². The summed E-state index contributed by atoms with van der Waals surface area (Å²) in [5.41, 5.74) is 3.61. The molecule has 20 heavy (non-hydrogen) atoms. The first-order valence-electron chi connectivity index (χ1n) is 6.12. The minimum Gasteiger partial charge on any atom is -0.244 e. The predicted molar refractivity (Wildman–Crippen MR) is 85.0 cm³/mol. The third kappa shape index (κ3) is 2.30. The van der Waals surface area contributed by atoms with E-state index in [2.05, 4.69) is 43.9 Å². The molecule has 0 atom stereocenters. The first-order chi connectivity index (χ1) is 9.56. The molecule has 3 nitrogen and oxygen atoms in total. The smallest absolute Gasteiger partial charge is 0.179 e. The highest BCUT2D eigenvalue weighted by atomic mass is 79.9. The molecule has 0 aliphatic heterocycles. The maximum Gasteiger partial charge on any atom is 0.179 e. The van der Waals surface area contributed by atoms with Crippen molar-refractivity contribution in [2.45, 2.75) is 13.8 Å². The van der Waals surface area contributed by atoms with Crippen LogP contribution in [-0.2, 0) is 0 Å². The number of para-hydroxylation sites is 1. The zero-order valence-corrected chi connectivity index (χ0v) is 13.3. The van der Waals surface area contributed by atoms with E-state index in [1.165, 1.54) is 0 Å². The number of nitrogens with zero attached hydrogens (tertiary/aromatic N) is 3. The Morgan fingerprint density at radius 1 is 1.05 bits per heavy atom. The van der Waals surface area contributed by atoms with E-state index in [9.17, 15) is 0 Å². The van der Waals surface area contributed by atoms with Gasteiger partial charge in [-0.2, -0.15) is 0 Å². The minimum absolute atomic E-state index is 0.403. The number of aryl methyl sites for hydroxylation is 2. The summed E-state index contributed by atoms with van der Waals surface area (Å²) in [5, 5.41) is 1.54. The van der Waals surface area contributed by atoms with E-state index in [4.69, 9.17) is 11.6 Å². The summed E-state index contributed by atoms with van der Waals surface area (Å²) in [7, 11) is 0. The van der Waals surface area contributed by atoms with E-state index in [-0.39, 0.29) is 0 Å². The Morgan fingerprint density at radius 3 is 2.55 bits per heavy atom. The number of hydrogen-bond donors (Lipinski definition) is 0. The van der Waals surface area contributed by atoms with E-state index in [0.717, 1.165) is 32.3 Å². The number of halogens is 2. The molecule has 2 heterocycles. The van der Waals surface area contributed by atoms with E-state index in [0.29, 0.717) is 11.0 Å². The van der Waals surface area contributed by atoms with Gasteiger partial charge in [0.25, 0.3) is 0 Å². The van der Waals surface area contributed by atoms with Gasteiger partial charge in [-0.05, 0) is 47.5 Å². The Hall–Kier alpha value is -1.52. The zero-order chi connectivity index (χ0) is 14.3. The Balaban J connectivity index is 2.25. The molecule has 0 saturated carbocycles. The average Bonchev–Trinajstić information content (AvgIpc) is 2.44. The predicted octanol–water partition coefficient (Wildman–Crippen LogP) is 4.72. The SMILES string of the molecule is Cc1nc(-c2cc(C)c3ccccc3n2)nc(Cl)c1Br. The van der Waals surface area contributed by atoms with Gasteiger partial charge in [-0.3, -0.25) is 0 Å². The highest BCUT2D eigenvalue weighted by molar-refractivity contribution is 9.10. The standard InChI is InChI=1S/C15H11BrClN3/c1-8-7-12(19-11-6-4-3-5-10(8)11)15-18-9(2)13(16)14(17)20-15/h3-7H,1-2H3. The number of rotatable bonds is 1. The highest BCUT2D eigenvalue weighted by Crippen LogP contribution is 2.27. The van der Waals surface area contributed by atoms with Crippen molar-refractivity contribution in [2.24, 2.45) is 0 Å². The molecule has 0 spiro atoms. The molecule has 0 radical (unpaired) electrons. The third-order valence-electron chi connectivity index (χ3n) is 3.13. The summed E-state index contributed by atoms with van der Waals surface area (Å²) in [4.78, 5) is 13.4. The molecule has 0 aliphatic rings.